The number of piperidine rings is 1. The molecule has 0 aliphatic carbocycles. The molecule has 1 aliphatic heterocycles. The van der Waals surface area contributed by atoms with E-state index in [1.54, 1.807) is 0 Å². The second kappa shape index (κ2) is 6.63. The van der Waals surface area contributed by atoms with Crippen molar-refractivity contribution < 1.29 is 18.8 Å². The predicted octanol–water partition coefficient (Wildman–Crippen LogP) is 3.24. The minimum Gasteiger partial charge on any atom is -0.485 e. The molecule has 6 nitrogen and oxygen atoms in total. The van der Waals surface area contributed by atoms with Crippen molar-refractivity contribution in [3.63, 3.8) is 0 Å². The summed E-state index contributed by atoms with van der Waals surface area (Å²) >= 11 is 0. The van der Waals surface area contributed by atoms with Crippen LogP contribution in [0.5, 0.6) is 5.75 Å². The molecule has 1 unspecified atom stereocenters. The highest BCUT2D eigenvalue weighted by atomic mass is 16.5. The lowest BCUT2D eigenvalue weighted by molar-refractivity contribution is -0.134. The maximum atomic E-state index is 12.2. The highest BCUT2D eigenvalue weighted by molar-refractivity contribution is 6.02. The van der Waals surface area contributed by atoms with E-state index in [1.165, 1.54) is 0 Å². The van der Waals surface area contributed by atoms with E-state index in [2.05, 4.69) is 10.5 Å². The molecule has 4 rings (SSSR count). The first-order valence-corrected chi connectivity index (χ1v) is 8.53. The van der Waals surface area contributed by atoms with Crippen LogP contribution in [0, 0.1) is 6.92 Å². The van der Waals surface area contributed by atoms with E-state index in [1.807, 2.05) is 49.4 Å². The molecule has 0 spiro atoms. The van der Waals surface area contributed by atoms with Gasteiger partial charge in [0.15, 0.2) is 5.75 Å². The summed E-state index contributed by atoms with van der Waals surface area (Å²) in [6, 6.07) is 13.7. The maximum absolute atomic E-state index is 12.2. The fourth-order valence-electron chi connectivity index (χ4n) is 3.21. The molecule has 1 fully saturated rings. The number of nitrogens with zero attached hydrogens (tertiary/aromatic N) is 1. The van der Waals surface area contributed by atoms with Gasteiger partial charge in [0.1, 0.15) is 12.3 Å². The van der Waals surface area contributed by atoms with E-state index >= 15 is 0 Å². The first-order valence-electron chi connectivity index (χ1n) is 8.53. The van der Waals surface area contributed by atoms with Gasteiger partial charge < -0.3 is 9.26 Å². The third kappa shape index (κ3) is 2.94. The summed E-state index contributed by atoms with van der Waals surface area (Å²) in [6.45, 7) is 2.35. The van der Waals surface area contributed by atoms with Gasteiger partial charge in [-0.2, -0.15) is 0 Å². The van der Waals surface area contributed by atoms with Crippen molar-refractivity contribution in [2.24, 2.45) is 0 Å². The molecular weight excluding hydrogens is 332 g/mol. The number of hydrogen-bond acceptors (Lipinski definition) is 5. The third-order valence-electron chi connectivity index (χ3n) is 4.62. The van der Waals surface area contributed by atoms with Gasteiger partial charge in [0, 0.05) is 11.8 Å². The Morgan fingerprint density at radius 2 is 2.00 bits per heavy atom. The molecule has 1 N–H and O–H groups in total. The largest absolute Gasteiger partial charge is 0.485 e. The van der Waals surface area contributed by atoms with Crippen LogP contribution in [0.4, 0.5) is 0 Å². The molecule has 3 aromatic rings. The SMILES string of the molecule is Cc1ccc2c(C3CCC(=O)NC3=O)noc2c1OCc1ccccc1. The first kappa shape index (κ1) is 16.3. The van der Waals surface area contributed by atoms with Gasteiger partial charge in [-0.05, 0) is 30.5 Å². The molecule has 2 amide bonds. The second-order valence-electron chi connectivity index (χ2n) is 6.43. The van der Waals surface area contributed by atoms with Crippen molar-refractivity contribution in [1.29, 1.82) is 0 Å². The average Bonchev–Trinajstić information content (AvgIpc) is 3.06. The Morgan fingerprint density at radius 1 is 1.19 bits per heavy atom. The summed E-state index contributed by atoms with van der Waals surface area (Å²) in [6.07, 6.45) is 0.731. The highest BCUT2D eigenvalue weighted by Gasteiger charge is 2.32. The molecule has 0 radical (unpaired) electrons. The number of nitrogens with one attached hydrogen (secondary N) is 1. The lowest BCUT2D eigenvalue weighted by Gasteiger charge is -2.18. The quantitative estimate of drug-likeness (QED) is 0.731. The summed E-state index contributed by atoms with van der Waals surface area (Å²) in [7, 11) is 0. The zero-order valence-corrected chi connectivity index (χ0v) is 14.3. The van der Waals surface area contributed by atoms with E-state index in [4.69, 9.17) is 9.26 Å². The number of aromatic nitrogens is 1. The topological polar surface area (TPSA) is 81.4 Å². The summed E-state index contributed by atoms with van der Waals surface area (Å²) in [5.74, 6) is -0.443. The van der Waals surface area contributed by atoms with Crippen molar-refractivity contribution in [1.82, 2.24) is 10.5 Å². The Bertz CT molecular complexity index is 978. The molecule has 132 valence electrons. The molecular formula is C20H18N2O4. The summed E-state index contributed by atoms with van der Waals surface area (Å²) in [5, 5.41) is 7.23. The number of carbonyl (C=O) groups is 2. The first-order chi connectivity index (χ1) is 12.6. The Kier molecular flexibility index (Phi) is 4.16. The van der Waals surface area contributed by atoms with Gasteiger partial charge in [-0.3, -0.25) is 14.9 Å². The molecule has 6 heteroatoms. The van der Waals surface area contributed by atoms with E-state index in [0.29, 0.717) is 36.5 Å². The zero-order valence-electron chi connectivity index (χ0n) is 14.3. The van der Waals surface area contributed by atoms with Crippen LogP contribution in [-0.2, 0) is 16.2 Å². The van der Waals surface area contributed by atoms with Gasteiger partial charge in [-0.25, -0.2) is 0 Å². The van der Waals surface area contributed by atoms with E-state index in [9.17, 15) is 9.59 Å². The number of benzene rings is 2. The predicted molar refractivity (Wildman–Crippen MR) is 94.6 cm³/mol. The van der Waals surface area contributed by atoms with E-state index in [-0.39, 0.29) is 11.8 Å². The van der Waals surface area contributed by atoms with Gasteiger partial charge >= 0.3 is 0 Å². The van der Waals surface area contributed by atoms with Crippen LogP contribution in [0.15, 0.2) is 47.0 Å². The second-order valence-corrected chi connectivity index (χ2v) is 6.43. The number of fused-ring (bicyclic) bond motifs is 1. The van der Waals surface area contributed by atoms with Gasteiger partial charge in [-0.1, -0.05) is 41.6 Å². The third-order valence-corrected chi connectivity index (χ3v) is 4.62. The fourth-order valence-corrected chi connectivity index (χ4v) is 3.21. The Hall–Kier alpha value is -3.15. The van der Waals surface area contributed by atoms with Crippen LogP contribution >= 0.6 is 0 Å². The minimum atomic E-state index is -0.487. The highest BCUT2D eigenvalue weighted by Crippen LogP contribution is 2.36. The lowest BCUT2D eigenvalue weighted by Crippen LogP contribution is -2.39. The van der Waals surface area contributed by atoms with Crippen LogP contribution < -0.4 is 10.1 Å². The zero-order chi connectivity index (χ0) is 18.1. The Balaban J connectivity index is 1.67. The van der Waals surface area contributed by atoms with Crippen LogP contribution in [-0.4, -0.2) is 17.0 Å². The number of amides is 2. The Morgan fingerprint density at radius 3 is 2.77 bits per heavy atom. The monoisotopic (exact) mass is 350 g/mol. The standard InChI is InChI=1S/C20H18N2O4/c1-12-7-8-14-17(15-9-10-16(23)21-20(15)24)22-26-19(14)18(12)25-11-13-5-3-2-4-6-13/h2-8,15H,9-11H2,1H3,(H,21,23,24). The molecule has 0 saturated carbocycles. The van der Waals surface area contributed by atoms with Crippen molar-refractivity contribution in [3.8, 4) is 5.75 Å². The lowest BCUT2D eigenvalue weighted by atomic mass is 9.92. The van der Waals surface area contributed by atoms with Gasteiger partial charge in [0.05, 0.1) is 5.92 Å². The van der Waals surface area contributed by atoms with Crippen molar-refractivity contribution >= 4 is 22.8 Å². The summed E-state index contributed by atoms with van der Waals surface area (Å²) < 4.78 is 11.5. The molecule has 1 saturated heterocycles. The van der Waals surface area contributed by atoms with Crippen LogP contribution in [0.1, 0.15) is 35.6 Å². The van der Waals surface area contributed by atoms with Crippen molar-refractivity contribution in [3.05, 3.63) is 59.3 Å². The summed E-state index contributed by atoms with van der Waals surface area (Å²) in [4.78, 5) is 23.5. The van der Waals surface area contributed by atoms with Crippen molar-refractivity contribution in [2.75, 3.05) is 0 Å². The maximum Gasteiger partial charge on any atom is 0.235 e. The molecule has 26 heavy (non-hydrogen) atoms. The molecule has 2 heterocycles. The molecule has 1 aliphatic rings. The van der Waals surface area contributed by atoms with Crippen LogP contribution in [0.25, 0.3) is 11.0 Å². The Labute approximate surface area is 150 Å². The van der Waals surface area contributed by atoms with Gasteiger partial charge in [0.25, 0.3) is 0 Å². The molecule has 2 aromatic carbocycles. The summed E-state index contributed by atoms with van der Waals surface area (Å²) in [5.41, 5.74) is 3.06. The smallest absolute Gasteiger partial charge is 0.235 e. The molecule has 1 atom stereocenters. The van der Waals surface area contributed by atoms with Gasteiger partial charge in [-0.15, -0.1) is 0 Å². The van der Waals surface area contributed by atoms with E-state index < -0.39 is 5.92 Å². The fraction of sp³-hybridized carbons (Fsp3) is 0.250. The number of rotatable bonds is 4. The number of carbonyl (C=O) groups excluding carboxylic acids is 2. The minimum absolute atomic E-state index is 0.248. The molecule has 1 aromatic heterocycles. The van der Waals surface area contributed by atoms with E-state index in [0.717, 1.165) is 16.5 Å². The number of ether oxygens (including phenoxy) is 1. The molecule has 0 bridgehead atoms. The number of hydrogen-bond donors (Lipinski definition) is 1. The average molecular weight is 350 g/mol. The number of imide groups is 1. The number of aryl methyl sites for hydroxylation is 1. The van der Waals surface area contributed by atoms with Crippen LogP contribution in [0.3, 0.4) is 0 Å². The van der Waals surface area contributed by atoms with Gasteiger partial charge in [0.2, 0.25) is 17.4 Å². The van der Waals surface area contributed by atoms with Crippen LogP contribution in [0.2, 0.25) is 0 Å². The normalized spacial score (nSPS) is 17.3. The van der Waals surface area contributed by atoms with Crippen molar-refractivity contribution in [2.45, 2.75) is 32.3 Å².